The Labute approximate surface area is 198 Å². The summed E-state index contributed by atoms with van der Waals surface area (Å²) < 4.78 is 9.14. The minimum atomic E-state index is 0.921. The van der Waals surface area contributed by atoms with E-state index in [1.807, 2.05) is 0 Å². The Bertz CT molecular complexity index is 691. The van der Waals surface area contributed by atoms with Crippen molar-refractivity contribution in [2.24, 2.45) is 13.0 Å². The average Bonchev–Trinajstić information content (AvgIpc) is 2.90. The summed E-state index contributed by atoms with van der Waals surface area (Å²) in [6.07, 6.45) is 11.5. The van der Waals surface area contributed by atoms with Gasteiger partial charge in [0.15, 0.2) is 0 Å². The summed E-state index contributed by atoms with van der Waals surface area (Å²) in [7, 11) is 2.11. The van der Waals surface area contributed by atoms with E-state index in [1.165, 1.54) is 48.0 Å². The third kappa shape index (κ3) is 8.28. The second kappa shape index (κ2) is 11.8. The predicted molar refractivity (Wildman–Crippen MR) is 121 cm³/mol. The zero-order valence-corrected chi connectivity index (χ0v) is 22.5. The zero-order valence-electron chi connectivity index (χ0n) is 14.3. The molecule has 0 N–H and O–H groups in total. The normalized spacial score (nSPS) is 15.2. The topological polar surface area (TPSA) is 13.1 Å². The Morgan fingerprint density at radius 2 is 1.76 bits per heavy atom. The van der Waals surface area contributed by atoms with Crippen LogP contribution in [0, 0.1) is 9.72 Å². The number of benzene rings is 1. The molecule has 25 heavy (non-hydrogen) atoms. The van der Waals surface area contributed by atoms with Crippen LogP contribution in [-0.4, -0.2) is 10.5 Å². The van der Waals surface area contributed by atoms with Gasteiger partial charge in [-0.05, 0) is 17.7 Å². The van der Waals surface area contributed by atoms with Gasteiger partial charge in [-0.15, -0.1) is 0 Å². The summed E-state index contributed by atoms with van der Waals surface area (Å²) >= 11 is 10.3. The molecule has 1 aliphatic carbocycles. The van der Waals surface area contributed by atoms with Crippen LogP contribution in [0.1, 0.15) is 37.7 Å². The first-order valence-corrected chi connectivity index (χ1v) is 12.3. The van der Waals surface area contributed by atoms with Crippen molar-refractivity contribution >= 4 is 61.7 Å². The summed E-state index contributed by atoms with van der Waals surface area (Å²) in [6.45, 7) is 2.20. The van der Waals surface area contributed by atoms with Crippen LogP contribution in [0.25, 0.3) is 0 Å². The molecule has 1 heterocycles. The van der Waals surface area contributed by atoms with E-state index in [0.29, 0.717) is 0 Å². The molecular weight excluding hydrogens is 787 g/mol. The molecule has 142 valence electrons. The van der Waals surface area contributed by atoms with Crippen LogP contribution in [-0.2, 0) is 39.5 Å². The maximum atomic E-state index is 3.39. The molecule has 7 heteroatoms. The number of hydrogen-bond donors (Lipinski definition) is 0. The van der Waals surface area contributed by atoms with E-state index in [1.54, 1.807) is 0 Å². The fourth-order valence-electron chi connectivity index (χ4n) is 3.00. The molecule has 1 aliphatic rings. The molecule has 1 fully saturated rings. The molecule has 0 radical (unpaired) electrons. The van der Waals surface area contributed by atoms with Gasteiger partial charge in [0, 0.05) is 56.7 Å². The Kier molecular flexibility index (Phi) is 10.5. The van der Waals surface area contributed by atoms with Crippen molar-refractivity contribution in [1.29, 1.82) is 0 Å². The van der Waals surface area contributed by atoms with Crippen LogP contribution in [0.5, 0.6) is 0 Å². The molecule has 0 aliphatic heterocycles. The van der Waals surface area contributed by atoms with Gasteiger partial charge in [-0.3, -0.25) is 0 Å². The first-order chi connectivity index (χ1) is 12.0. The van der Waals surface area contributed by atoms with Gasteiger partial charge in [0.25, 0.3) is 0 Å². The van der Waals surface area contributed by atoms with Gasteiger partial charge in [-0.25, -0.2) is 0 Å². The molecular formula is C18H24BrI2N3Pt. The van der Waals surface area contributed by atoms with Crippen LogP contribution >= 0.6 is 61.7 Å². The summed E-state index contributed by atoms with van der Waals surface area (Å²) in [5.74, 6) is 0.921. The van der Waals surface area contributed by atoms with Crippen molar-refractivity contribution < 1.29 is 19.4 Å². The summed E-state index contributed by atoms with van der Waals surface area (Å²) in [4.78, 5) is 0. The second-order valence-corrected chi connectivity index (χ2v) is 12.5. The average molecular weight is 811 g/mol. The van der Waals surface area contributed by atoms with Crippen LogP contribution in [0.2, 0.25) is 0 Å². The fraction of sp³-hybridized carbons (Fsp3) is 0.500. The number of imidazole rings is 1. The summed E-state index contributed by atoms with van der Waals surface area (Å²) in [5.41, 5.74) is 1.33. The Morgan fingerprint density at radius 3 is 2.28 bits per heavy atom. The van der Waals surface area contributed by atoms with E-state index in [-0.39, 0.29) is 0 Å². The number of halogens is 3. The Balaban J connectivity index is 0.000000186. The number of aromatic nitrogens is 2. The molecule has 0 spiro atoms. The van der Waals surface area contributed by atoms with Gasteiger partial charge in [-0.2, -0.15) is 1.33 Å². The van der Waals surface area contributed by atoms with Gasteiger partial charge in [0.1, 0.15) is 0 Å². The van der Waals surface area contributed by atoms with Gasteiger partial charge in [0.05, 0.1) is 0 Å². The first-order valence-electron chi connectivity index (χ1n) is 8.46. The SMILES string of the molecule is Brc1ccc(CN(I)I)cc1.Cn1ccn(CC2CCCCC2)[c]1=[Pt]. The van der Waals surface area contributed by atoms with Crippen molar-refractivity contribution in [2.45, 2.75) is 45.2 Å². The van der Waals surface area contributed by atoms with E-state index in [0.717, 1.165) is 16.9 Å². The molecule has 1 aromatic heterocycles. The molecule has 0 bridgehead atoms. The predicted octanol–water partition coefficient (Wildman–Crippen LogP) is 6.44. The van der Waals surface area contributed by atoms with Crippen LogP contribution in [0.4, 0.5) is 0 Å². The van der Waals surface area contributed by atoms with Crippen LogP contribution in [0.15, 0.2) is 41.1 Å². The van der Waals surface area contributed by atoms with Gasteiger partial charge in [-0.1, -0.05) is 28.1 Å². The number of nitrogens with zero attached hydrogens (tertiary/aromatic N) is 3. The first kappa shape index (κ1) is 22.3. The number of rotatable bonds is 4. The quantitative estimate of drug-likeness (QED) is 0.257. The fourth-order valence-corrected chi connectivity index (χ4v) is 4.60. The van der Waals surface area contributed by atoms with E-state index in [2.05, 4.69) is 135 Å². The third-order valence-electron chi connectivity index (χ3n) is 4.35. The minimum absolute atomic E-state index is 0.921. The van der Waals surface area contributed by atoms with E-state index in [9.17, 15) is 0 Å². The molecule has 0 amide bonds. The molecule has 2 aromatic rings. The number of hydrogen-bond acceptors (Lipinski definition) is 1. The molecule has 3 nitrogen and oxygen atoms in total. The Hall–Kier alpha value is 1.02. The second-order valence-electron chi connectivity index (χ2n) is 6.39. The molecule has 1 aromatic carbocycles. The van der Waals surface area contributed by atoms with Crippen molar-refractivity contribution in [3.05, 3.63) is 50.5 Å². The van der Waals surface area contributed by atoms with Gasteiger partial charge < -0.3 is 0 Å². The molecule has 0 saturated heterocycles. The maximum absolute atomic E-state index is 3.39. The standard InChI is InChI=1S/C11H18N2.C7H6BrI2N.Pt/c1-12-7-8-13(10-12)9-11-5-3-2-4-6-11;8-7-3-1-6(2-4-7)5-11(9)10;/h7-8,11H,2-6,9H2,1H3;1-4H,5H2;. The number of aryl methyl sites for hydroxylation is 1. The monoisotopic (exact) mass is 810 g/mol. The van der Waals surface area contributed by atoms with Crippen molar-refractivity contribution in [2.75, 3.05) is 0 Å². The van der Waals surface area contributed by atoms with Crippen molar-refractivity contribution in [3.8, 4) is 0 Å². The van der Waals surface area contributed by atoms with E-state index >= 15 is 0 Å². The third-order valence-corrected chi connectivity index (χ3v) is 7.02. The molecule has 1 saturated carbocycles. The molecule has 0 unspecified atom stereocenters. The van der Waals surface area contributed by atoms with Gasteiger partial charge in [0.2, 0.25) is 0 Å². The van der Waals surface area contributed by atoms with Crippen LogP contribution in [0.3, 0.4) is 0 Å². The van der Waals surface area contributed by atoms with Crippen molar-refractivity contribution in [3.63, 3.8) is 0 Å². The van der Waals surface area contributed by atoms with E-state index < -0.39 is 0 Å². The van der Waals surface area contributed by atoms with E-state index in [4.69, 9.17) is 0 Å². The zero-order chi connectivity index (χ0) is 18.2. The Morgan fingerprint density at radius 1 is 1.12 bits per heavy atom. The molecule has 0 atom stereocenters. The summed E-state index contributed by atoms with van der Waals surface area (Å²) in [6, 6.07) is 8.36. The summed E-state index contributed by atoms with van der Waals surface area (Å²) in [5, 5.41) is 0. The molecule has 3 rings (SSSR count). The van der Waals surface area contributed by atoms with Crippen LogP contribution < -0.4 is 0 Å². The van der Waals surface area contributed by atoms with Crippen molar-refractivity contribution in [1.82, 2.24) is 10.5 Å². The van der Waals surface area contributed by atoms with Gasteiger partial charge >= 0.3 is 96.3 Å².